The summed E-state index contributed by atoms with van der Waals surface area (Å²) in [6.45, 7) is -0.457. The minimum absolute atomic E-state index is 0.248. The van der Waals surface area contributed by atoms with Crippen molar-refractivity contribution in [2.45, 2.75) is 24.5 Å². The van der Waals surface area contributed by atoms with Gasteiger partial charge < -0.3 is 24.6 Å². The van der Waals surface area contributed by atoms with Crippen molar-refractivity contribution in [2.75, 3.05) is 6.61 Å². The number of ether oxygens (including phenoxy) is 1. The normalized spacial score (nSPS) is 29.1. The third-order valence-corrected chi connectivity index (χ3v) is 3.68. The Kier molecular flexibility index (Phi) is 3.50. The molecule has 0 saturated carbocycles. The monoisotopic (exact) mass is 295 g/mol. The molecule has 0 spiro atoms. The van der Waals surface area contributed by atoms with Crippen LogP contribution in [-0.2, 0) is 4.74 Å². The van der Waals surface area contributed by atoms with E-state index in [1.54, 1.807) is 0 Å². The van der Waals surface area contributed by atoms with Crippen molar-refractivity contribution < 1.29 is 24.4 Å². The summed E-state index contributed by atoms with van der Waals surface area (Å²) < 4.78 is 20.2. The molecule has 0 unspecified atom stereocenters. The van der Waals surface area contributed by atoms with Crippen LogP contribution < -0.4 is 5.43 Å². The minimum atomic E-state index is -1.30. The second kappa shape index (κ2) is 5.19. The lowest BCUT2D eigenvalue weighted by Gasteiger charge is -2.20. The third-order valence-electron chi connectivity index (χ3n) is 3.68. The molecule has 0 amide bonds. The van der Waals surface area contributed by atoms with Gasteiger partial charge in [0.05, 0.1) is 12.1 Å². The Morgan fingerprint density at radius 3 is 2.67 bits per heavy atom. The molecule has 0 radical (unpaired) electrons. The Labute approximate surface area is 118 Å². The number of nitrogens with zero attached hydrogens (tertiary/aromatic N) is 1. The highest BCUT2D eigenvalue weighted by Gasteiger charge is 2.43. The van der Waals surface area contributed by atoms with Gasteiger partial charge in [-0.2, -0.15) is 0 Å². The first-order chi connectivity index (χ1) is 10.0. The van der Waals surface area contributed by atoms with Crippen molar-refractivity contribution >= 4 is 10.9 Å². The average molecular weight is 295 g/mol. The molecule has 1 aromatic heterocycles. The zero-order chi connectivity index (χ0) is 15.1. The predicted octanol–water partition coefficient (Wildman–Crippen LogP) is -0.248. The topological polar surface area (TPSA) is 91.9 Å². The maximum absolute atomic E-state index is 13.4. The fourth-order valence-corrected chi connectivity index (χ4v) is 2.58. The van der Waals surface area contributed by atoms with Gasteiger partial charge in [-0.05, 0) is 18.2 Å². The Bertz CT molecular complexity index is 731. The predicted molar refractivity (Wildman–Crippen MR) is 71.2 cm³/mol. The number of aliphatic hydroxyl groups is 3. The van der Waals surface area contributed by atoms with Crippen LogP contribution in [0.5, 0.6) is 0 Å². The van der Waals surface area contributed by atoms with Gasteiger partial charge in [-0.25, -0.2) is 4.39 Å². The van der Waals surface area contributed by atoms with Gasteiger partial charge in [0.25, 0.3) is 0 Å². The van der Waals surface area contributed by atoms with Crippen molar-refractivity contribution in [3.63, 3.8) is 0 Å². The zero-order valence-corrected chi connectivity index (χ0v) is 10.9. The van der Waals surface area contributed by atoms with Crippen molar-refractivity contribution in [3.05, 3.63) is 46.5 Å². The molecule has 0 aliphatic carbocycles. The van der Waals surface area contributed by atoms with Gasteiger partial charge in [0.1, 0.15) is 24.1 Å². The molecule has 1 aromatic carbocycles. The van der Waals surface area contributed by atoms with E-state index < -0.39 is 37.0 Å². The van der Waals surface area contributed by atoms with Crippen LogP contribution in [0, 0.1) is 5.82 Å². The van der Waals surface area contributed by atoms with Crippen LogP contribution in [0.25, 0.3) is 10.9 Å². The Hall–Kier alpha value is -1.80. The first kappa shape index (κ1) is 14.2. The van der Waals surface area contributed by atoms with Crippen molar-refractivity contribution in [1.82, 2.24) is 4.57 Å². The van der Waals surface area contributed by atoms with Crippen LogP contribution in [0.4, 0.5) is 4.39 Å². The van der Waals surface area contributed by atoms with Crippen LogP contribution in [0.2, 0.25) is 0 Å². The van der Waals surface area contributed by atoms with Crippen LogP contribution in [0.15, 0.2) is 35.3 Å². The highest BCUT2D eigenvalue weighted by molar-refractivity contribution is 5.78. The van der Waals surface area contributed by atoms with E-state index in [1.165, 1.54) is 29.0 Å². The van der Waals surface area contributed by atoms with Gasteiger partial charge in [0.15, 0.2) is 11.7 Å². The summed E-state index contributed by atoms with van der Waals surface area (Å²) in [5.74, 6) is -0.534. The maximum atomic E-state index is 13.4. The standard InChI is InChI=1S/C14H14FNO5/c15-7-1-2-8-9(5-7)16(4-3-10(8)18)14-13(20)12(19)11(6-17)21-14/h1-5,11-14,17,19-20H,6H2/t11-,12-,13-,14-/m1/s1. The van der Waals surface area contributed by atoms with E-state index in [0.29, 0.717) is 0 Å². The first-order valence-electron chi connectivity index (χ1n) is 6.46. The molecule has 112 valence electrons. The van der Waals surface area contributed by atoms with Gasteiger partial charge in [-0.1, -0.05) is 0 Å². The fraction of sp³-hybridized carbons (Fsp3) is 0.357. The van der Waals surface area contributed by atoms with E-state index in [1.807, 2.05) is 0 Å². The third kappa shape index (κ3) is 2.24. The van der Waals surface area contributed by atoms with Gasteiger partial charge in [0, 0.05) is 17.6 Å². The molecule has 1 fully saturated rings. The van der Waals surface area contributed by atoms with Gasteiger partial charge in [-0.15, -0.1) is 0 Å². The van der Waals surface area contributed by atoms with E-state index in [9.17, 15) is 19.4 Å². The van der Waals surface area contributed by atoms with Crippen LogP contribution in [-0.4, -0.2) is 44.8 Å². The van der Waals surface area contributed by atoms with E-state index in [4.69, 9.17) is 9.84 Å². The quantitative estimate of drug-likeness (QED) is 0.711. The molecule has 2 aromatic rings. The number of aromatic nitrogens is 1. The lowest BCUT2D eigenvalue weighted by molar-refractivity contribution is -0.0509. The summed E-state index contributed by atoms with van der Waals surface area (Å²) in [6, 6.07) is 4.95. The molecule has 6 nitrogen and oxygen atoms in total. The number of halogens is 1. The Balaban J connectivity index is 2.15. The zero-order valence-electron chi connectivity index (χ0n) is 10.9. The summed E-state index contributed by atoms with van der Waals surface area (Å²) in [6.07, 6.45) is -3.14. The highest BCUT2D eigenvalue weighted by Crippen LogP contribution is 2.31. The van der Waals surface area contributed by atoms with Gasteiger partial charge in [-0.3, -0.25) is 4.79 Å². The summed E-state index contributed by atoms with van der Waals surface area (Å²) in [7, 11) is 0. The lowest BCUT2D eigenvalue weighted by Crippen LogP contribution is -2.33. The molecule has 3 N–H and O–H groups in total. The van der Waals surface area contributed by atoms with Gasteiger partial charge in [0.2, 0.25) is 0 Å². The number of hydrogen-bond acceptors (Lipinski definition) is 5. The number of benzene rings is 1. The van der Waals surface area contributed by atoms with Crippen LogP contribution in [0.1, 0.15) is 6.23 Å². The lowest BCUT2D eigenvalue weighted by atomic mass is 10.1. The first-order valence-corrected chi connectivity index (χ1v) is 6.46. The van der Waals surface area contributed by atoms with Crippen molar-refractivity contribution in [1.29, 1.82) is 0 Å². The van der Waals surface area contributed by atoms with Crippen molar-refractivity contribution in [3.8, 4) is 0 Å². The molecule has 3 rings (SSSR count). The largest absolute Gasteiger partial charge is 0.394 e. The molecule has 4 atom stereocenters. The second-order valence-corrected chi connectivity index (χ2v) is 4.98. The molecule has 7 heteroatoms. The van der Waals surface area contributed by atoms with Crippen LogP contribution >= 0.6 is 0 Å². The number of aliphatic hydroxyl groups excluding tert-OH is 3. The fourth-order valence-electron chi connectivity index (χ4n) is 2.58. The molecule has 1 aliphatic heterocycles. The van der Waals surface area contributed by atoms with E-state index >= 15 is 0 Å². The van der Waals surface area contributed by atoms with Crippen molar-refractivity contribution in [2.24, 2.45) is 0 Å². The van der Waals surface area contributed by atoms with E-state index in [2.05, 4.69) is 0 Å². The number of hydrogen-bond donors (Lipinski definition) is 3. The number of rotatable bonds is 2. The summed E-state index contributed by atoms with van der Waals surface area (Å²) >= 11 is 0. The number of fused-ring (bicyclic) bond motifs is 1. The average Bonchev–Trinajstić information content (AvgIpc) is 2.75. The molecule has 21 heavy (non-hydrogen) atoms. The van der Waals surface area contributed by atoms with E-state index in [0.717, 1.165) is 6.07 Å². The Morgan fingerprint density at radius 2 is 2.00 bits per heavy atom. The van der Waals surface area contributed by atoms with Gasteiger partial charge >= 0.3 is 0 Å². The SMILES string of the molecule is O=c1ccn([C@@H]2O[C@H](CO)[C@@H](O)[C@H]2O)c2cc(F)ccc12. The summed E-state index contributed by atoms with van der Waals surface area (Å²) in [5, 5.41) is 29.2. The number of pyridine rings is 1. The second-order valence-electron chi connectivity index (χ2n) is 4.98. The summed E-state index contributed by atoms with van der Waals surface area (Å²) in [5.41, 5.74) is -0.0367. The highest BCUT2D eigenvalue weighted by atomic mass is 19.1. The summed E-state index contributed by atoms with van der Waals surface area (Å²) in [4.78, 5) is 11.8. The van der Waals surface area contributed by atoms with Crippen LogP contribution in [0.3, 0.4) is 0 Å². The molecular weight excluding hydrogens is 281 g/mol. The Morgan fingerprint density at radius 1 is 1.24 bits per heavy atom. The smallest absolute Gasteiger partial charge is 0.189 e. The molecule has 2 heterocycles. The minimum Gasteiger partial charge on any atom is -0.394 e. The molecule has 0 bridgehead atoms. The van der Waals surface area contributed by atoms with E-state index in [-0.39, 0.29) is 16.3 Å². The molecule has 1 saturated heterocycles. The maximum Gasteiger partial charge on any atom is 0.189 e. The molecular formula is C14H14FNO5. The molecule has 1 aliphatic rings.